The van der Waals surface area contributed by atoms with Gasteiger partial charge < -0.3 is 0 Å². The number of nitrogens with zero attached hydrogens (tertiary/aromatic N) is 1. The van der Waals surface area contributed by atoms with Crippen molar-refractivity contribution in [1.29, 1.82) is 0 Å². The normalized spacial score (nSPS) is 13.9. The Balaban J connectivity index is 3.22. The molecule has 3 N–H and O–H groups in total. The minimum absolute atomic E-state index is 0.0309. The molecule has 1 unspecified atom stereocenters. The standard InChI is InChI=1S/C16H29N3/c1-7-19(8-2)16(5,6)15(18-17)14-11-9-10-12(3)13(14)4/h9-11,15,18H,7-8,17H2,1-6H3. The predicted molar refractivity (Wildman–Crippen MR) is 83.0 cm³/mol. The molecule has 3 heteroatoms. The van der Waals surface area contributed by atoms with Gasteiger partial charge in [-0.05, 0) is 57.5 Å². The van der Waals surface area contributed by atoms with Gasteiger partial charge in [0.1, 0.15) is 0 Å². The number of benzene rings is 1. The molecule has 0 aliphatic heterocycles. The van der Waals surface area contributed by atoms with Gasteiger partial charge in [0.15, 0.2) is 0 Å². The molecule has 0 radical (unpaired) electrons. The molecule has 0 amide bonds. The third kappa shape index (κ3) is 3.16. The molecule has 0 aliphatic carbocycles. The van der Waals surface area contributed by atoms with Gasteiger partial charge in [0, 0.05) is 5.54 Å². The van der Waals surface area contributed by atoms with Gasteiger partial charge >= 0.3 is 0 Å². The van der Waals surface area contributed by atoms with Gasteiger partial charge in [-0.25, -0.2) is 0 Å². The quantitative estimate of drug-likeness (QED) is 0.612. The van der Waals surface area contributed by atoms with Crippen molar-refractivity contribution >= 4 is 0 Å². The van der Waals surface area contributed by atoms with Crippen LogP contribution in [0.1, 0.15) is 50.4 Å². The Kier molecular flexibility index (Phi) is 5.53. The van der Waals surface area contributed by atoms with E-state index in [0.29, 0.717) is 0 Å². The average Bonchev–Trinajstić information content (AvgIpc) is 2.36. The third-order valence-electron chi connectivity index (χ3n) is 4.41. The van der Waals surface area contributed by atoms with Crippen molar-refractivity contribution in [1.82, 2.24) is 10.3 Å². The Bertz CT molecular complexity index is 408. The molecule has 1 aromatic rings. The lowest BCUT2D eigenvalue weighted by Gasteiger charge is -2.43. The average molecular weight is 263 g/mol. The molecule has 1 atom stereocenters. The summed E-state index contributed by atoms with van der Waals surface area (Å²) in [5.74, 6) is 5.88. The van der Waals surface area contributed by atoms with E-state index in [4.69, 9.17) is 5.84 Å². The molecule has 108 valence electrons. The van der Waals surface area contributed by atoms with Crippen LogP contribution in [0.25, 0.3) is 0 Å². The van der Waals surface area contributed by atoms with Gasteiger partial charge in [0.05, 0.1) is 6.04 Å². The lowest BCUT2D eigenvalue weighted by Crippen LogP contribution is -2.54. The summed E-state index contributed by atoms with van der Waals surface area (Å²) < 4.78 is 0. The van der Waals surface area contributed by atoms with E-state index >= 15 is 0 Å². The number of aryl methyl sites for hydroxylation is 1. The van der Waals surface area contributed by atoms with E-state index in [-0.39, 0.29) is 11.6 Å². The first-order valence-corrected chi connectivity index (χ1v) is 7.17. The minimum Gasteiger partial charge on any atom is -0.297 e. The number of likely N-dealkylation sites (N-methyl/N-ethyl adjacent to an activating group) is 1. The molecule has 0 bridgehead atoms. The highest BCUT2D eigenvalue weighted by Gasteiger charge is 2.35. The number of rotatable bonds is 6. The van der Waals surface area contributed by atoms with E-state index in [2.05, 4.69) is 70.1 Å². The summed E-state index contributed by atoms with van der Waals surface area (Å²) >= 11 is 0. The highest BCUT2D eigenvalue weighted by atomic mass is 15.3. The summed E-state index contributed by atoms with van der Waals surface area (Å²) in [6.45, 7) is 15.3. The molecule has 1 rings (SSSR count). The molecule has 1 aromatic carbocycles. The van der Waals surface area contributed by atoms with Crippen LogP contribution < -0.4 is 11.3 Å². The van der Waals surface area contributed by atoms with Crippen LogP contribution in [0, 0.1) is 13.8 Å². The van der Waals surface area contributed by atoms with Crippen molar-refractivity contribution in [3.05, 3.63) is 34.9 Å². The van der Waals surface area contributed by atoms with Crippen LogP contribution in [0.3, 0.4) is 0 Å². The first-order valence-electron chi connectivity index (χ1n) is 7.17. The molecular weight excluding hydrogens is 234 g/mol. The molecule has 19 heavy (non-hydrogen) atoms. The Morgan fingerprint density at radius 1 is 1.21 bits per heavy atom. The maximum atomic E-state index is 5.88. The Hall–Kier alpha value is -0.900. The largest absolute Gasteiger partial charge is 0.297 e. The number of hydrogen-bond acceptors (Lipinski definition) is 3. The van der Waals surface area contributed by atoms with Gasteiger partial charge in [0.2, 0.25) is 0 Å². The van der Waals surface area contributed by atoms with Gasteiger partial charge in [-0.15, -0.1) is 0 Å². The topological polar surface area (TPSA) is 41.3 Å². The molecule has 0 saturated carbocycles. The van der Waals surface area contributed by atoms with E-state index in [1.54, 1.807) is 0 Å². The maximum Gasteiger partial charge on any atom is 0.0641 e. The van der Waals surface area contributed by atoms with E-state index in [0.717, 1.165) is 13.1 Å². The third-order valence-corrected chi connectivity index (χ3v) is 4.41. The monoisotopic (exact) mass is 263 g/mol. The van der Waals surface area contributed by atoms with Gasteiger partial charge in [-0.3, -0.25) is 16.2 Å². The summed E-state index contributed by atoms with van der Waals surface area (Å²) in [5.41, 5.74) is 6.93. The Labute approximate surface area is 118 Å². The van der Waals surface area contributed by atoms with Crippen molar-refractivity contribution in [2.75, 3.05) is 13.1 Å². The van der Waals surface area contributed by atoms with Crippen LogP contribution in [0.4, 0.5) is 0 Å². The van der Waals surface area contributed by atoms with Crippen LogP contribution in [-0.2, 0) is 0 Å². The number of hydrazine groups is 1. The van der Waals surface area contributed by atoms with Crippen LogP contribution in [0.15, 0.2) is 18.2 Å². The Morgan fingerprint density at radius 2 is 1.79 bits per heavy atom. The second-order valence-electron chi connectivity index (χ2n) is 5.71. The lowest BCUT2D eigenvalue weighted by atomic mass is 9.84. The van der Waals surface area contributed by atoms with E-state index in [1.807, 2.05) is 0 Å². The van der Waals surface area contributed by atoms with Gasteiger partial charge in [-0.2, -0.15) is 0 Å². The molecule has 0 heterocycles. The van der Waals surface area contributed by atoms with Crippen LogP contribution in [0.2, 0.25) is 0 Å². The number of nitrogens with two attached hydrogens (primary N) is 1. The fourth-order valence-electron chi connectivity index (χ4n) is 2.98. The summed E-state index contributed by atoms with van der Waals surface area (Å²) in [4.78, 5) is 2.44. The minimum atomic E-state index is -0.0309. The molecule has 0 aliphatic rings. The van der Waals surface area contributed by atoms with E-state index in [9.17, 15) is 0 Å². The fraction of sp³-hybridized carbons (Fsp3) is 0.625. The fourth-order valence-corrected chi connectivity index (χ4v) is 2.98. The predicted octanol–water partition coefficient (Wildman–Crippen LogP) is 2.93. The smallest absolute Gasteiger partial charge is 0.0641 e. The zero-order valence-electron chi connectivity index (χ0n) is 13.2. The highest BCUT2D eigenvalue weighted by molar-refractivity contribution is 5.36. The number of hydrogen-bond donors (Lipinski definition) is 2. The van der Waals surface area contributed by atoms with Crippen LogP contribution in [-0.4, -0.2) is 23.5 Å². The molecule has 3 nitrogen and oxygen atoms in total. The van der Waals surface area contributed by atoms with Crippen molar-refractivity contribution in [2.24, 2.45) is 5.84 Å². The molecular formula is C16H29N3. The molecule has 0 spiro atoms. The zero-order valence-corrected chi connectivity index (χ0v) is 13.2. The zero-order chi connectivity index (χ0) is 14.6. The highest BCUT2D eigenvalue weighted by Crippen LogP contribution is 2.32. The summed E-state index contributed by atoms with van der Waals surface area (Å²) in [6, 6.07) is 6.56. The van der Waals surface area contributed by atoms with Crippen molar-refractivity contribution in [3.63, 3.8) is 0 Å². The summed E-state index contributed by atoms with van der Waals surface area (Å²) in [6.07, 6.45) is 0. The van der Waals surface area contributed by atoms with Gasteiger partial charge in [-0.1, -0.05) is 32.0 Å². The maximum absolute atomic E-state index is 5.88. The molecule has 0 fully saturated rings. The van der Waals surface area contributed by atoms with Crippen molar-refractivity contribution < 1.29 is 0 Å². The first-order chi connectivity index (χ1) is 8.89. The first kappa shape index (κ1) is 16.2. The van der Waals surface area contributed by atoms with Crippen molar-refractivity contribution in [2.45, 2.75) is 53.1 Å². The van der Waals surface area contributed by atoms with Crippen molar-refractivity contribution in [3.8, 4) is 0 Å². The molecule has 0 saturated heterocycles. The van der Waals surface area contributed by atoms with E-state index in [1.165, 1.54) is 16.7 Å². The SMILES string of the molecule is CCN(CC)C(C)(C)C(NN)c1cccc(C)c1C. The summed E-state index contributed by atoms with van der Waals surface area (Å²) in [5, 5.41) is 0. The van der Waals surface area contributed by atoms with Crippen LogP contribution >= 0.6 is 0 Å². The van der Waals surface area contributed by atoms with E-state index < -0.39 is 0 Å². The van der Waals surface area contributed by atoms with Gasteiger partial charge in [0.25, 0.3) is 0 Å². The number of nitrogens with one attached hydrogen (secondary N) is 1. The van der Waals surface area contributed by atoms with Crippen LogP contribution in [0.5, 0.6) is 0 Å². The Morgan fingerprint density at radius 3 is 2.26 bits per heavy atom. The lowest BCUT2D eigenvalue weighted by molar-refractivity contribution is 0.0910. The molecule has 0 aromatic heterocycles. The second-order valence-corrected chi connectivity index (χ2v) is 5.71. The second kappa shape index (κ2) is 6.51. The summed E-state index contributed by atoms with van der Waals surface area (Å²) in [7, 11) is 0.